The monoisotopic (exact) mass is 437 g/mol. The molecular weight excluding hydrogens is 378 g/mol. The second-order valence-corrected chi connectivity index (χ2v) is 11.8. The van der Waals surface area contributed by atoms with Crippen LogP contribution >= 0.6 is 0 Å². The highest BCUT2D eigenvalue weighted by molar-refractivity contribution is 5.01. The number of nitrogens with zero attached hydrogens (tertiary/aromatic N) is 1. The predicted octanol–water partition coefficient (Wildman–Crippen LogP) is 8.90. The van der Waals surface area contributed by atoms with Crippen LogP contribution in [0.4, 0.5) is 0 Å². The predicted molar refractivity (Wildman–Crippen MR) is 139 cm³/mol. The lowest BCUT2D eigenvalue weighted by Crippen LogP contribution is -2.62. The molecule has 0 amide bonds. The highest BCUT2D eigenvalue weighted by Gasteiger charge is 2.46. The fourth-order valence-corrected chi connectivity index (χ4v) is 6.05. The Balaban J connectivity index is 2.35. The lowest BCUT2D eigenvalue weighted by molar-refractivity contribution is -0.0691. The lowest BCUT2D eigenvalue weighted by atomic mass is 9.70. The van der Waals surface area contributed by atoms with Crippen molar-refractivity contribution in [3.63, 3.8) is 0 Å². The van der Waals surface area contributed by atoms with Crippen LogP contribution in [0.2, 0.25) is 0 Å². The molecule has 186 valence electrons. The van der Waals surface area contributed by atoms with Gasteiger partial charge in [0.2, 0.25) is 0 Å². The Morgan fingerprint density at radius 3 is 1.84 bits per heavy atom. The maximum absolute atomic E-state index is 10.2. The molecule has 1 fully saturated rings. The summed E-state index contributed by atoms with van der Waals surface area (Å²) >= 11 is 0. The molecule has 2 nitrogen and oxygen atoms in total. The van der Waals surface area contributed by atoms with E-state index in [-0.39, 0.29) is 11.6 Å². The summed E-state index contributed by atoms with van der Waals surface area (Å²) in [5.74, 6) is 0.766. The summed E-state index contributed by atoms with van der Waals surface area (Å²) in [6.07, 6.45) is 23.5. The summed E-state index contributed by atoms with van der Waals surface area (Å²) in [5.41, 5.74) is 0.593. The lowest BCUT2D eigenvalue weighted by Gasteiger charge is -2.57. The number of aliphatic hydroxyl groups excluding tert-OH is 1. The molecule has 0 spiro atoms. The summed E-state index contributed by atoms with van der Waals surface area (Å²) in [5, 5.41) is 10.2. The van der Waals surface area contributed by atoms with Gasteiger partial charge in [0.25, 0.3) is 0 Å². The van der Waals surface area contributed by atoms with E-state index in [9.17, 15) is 5.11 Å². The number of hydrogen-bond donors (Lipinski definition) is 1. The van der Waals surface area contributed by atoms with Crippen LogP contribution in [-0.2, 0) is 0 Å². The first kappa shape index (κ1) is 29.0. The Hall–Kier alpha value is -0.0800. The summed E-state index contributed by atoms with van der Waals surface area (Å²) in [4.78, 5) is 2.85. The van der Waals surface area contributed by atoms with Crippen molar-refractivity contribution in [2.24, 2.45) is 5.92 Å². The molecule has 2 heteroatoms. The number of rotatable bonds is 18. The van der Waals surface area contributed by atoms with Gasteiger partial charge in [0.05, 0.1) is 6.10 Å². The summed E-state index contributed by atoms with van der Waals surface area (Å²) in [6, 6.07) is 0. The number of aliphatic hydroxyl groups is 1. The standard InChI is InChI=1S/C29H59NO/c1-7-9-11-12-13-14-15-16-17-18-25-30-28(3,4)24-23-26(29(30,5)6)20-19-22-27(31)21-10-8-2/h26-27,31H,7-25H2,1-6H3. The van der Waals surface area contributed by atoms with Crippen LogP contribution in [0.5, 0.6) is 0 Å². The molecule has 1 saturated heterocycles. The van der Waals surface area contributed by atoms with Crippen molar-refractivity contribution in [2.45, 2.75) is 174 Å². The van der Waals surface area contributed by atoms with Crippen molar-refractivity contribution in [1.82, 2.24) is 4.90 Å². The molecule has 1 heterocycles. The fourth-order valence-electron chi connectivity index (χ4n) is 6.05. The van der Waals surface area contributed by atoms with Crippen LogP contribution in [0, 0.1) is 5.92 Å². The molecule has 0 aliphatic carbocycles. The maximum Gasteiger partial charge on any atom is 0.0540 e. The van der Waals surface area contributed by atoms with Gasteiger partial charge < -0.3 is 5.11 Å². The van der Waals surface area contributed by atoms with E-state index in [1.807, 2.05) is 0 Å². The SMILES string of the molecule is CCCCCCCCCCCCN1C(C)(C)CCC(CCCC(O)CCCC)C1(C)C. The van der Waals surface area contributed by atoms with Gasteiger partial charge in [-0.25, -0.2) is 0 Å². The van der Waals surface area contributed by atoms with E-state index in [1.165, 1.54) is 103 Å². The first-order valence-electron chi connectivity index (χ1n) is 14.2. The summed E-state index contributed by atoms with van der Waals surface area (Å²) in [7, 11) is 0. The van der Waals surface area contributed by atoms with Gasteiger partial charge in [0.15, 0.2) is 0 Å². The zero-order valence-electron chi connectivity index (χ0n) is 22.5. The van der Waals surface area contributed by atoms with Crippen LogP contribution in [-0.4, -0.2) is 33.7 Å². The van der Waals surface area contributed by atoms with Gasteiger partial charge in [0, 0.05) is 11.1 Å². The highest BCUT2D eigenvalue weighted by atomic mass is 16.3. The minimum absolute atomic E-state index is 0.0779. The van der Waals surface area contributed by atoms with Crippen LogP contribution in [0.1, 0.15) is 157 Å². The molecule has 1 N–H and O–H groups in total. The number of likely N-dealkylation sites (tertiary alicyclic amines) is 1. The van der Waals surface area contributed by atoms with Crippen LogP contribution in [0.3, 0.4) is 0 Å². The third kappa shape index (κ3) is 11.1. The molecule has 0 radical (unpaired) electrons. The largest absolute Gasteiger partial charge is 0.393 e. The van der Waals surface area contributed by atoms with Gasteiger partial charge in [-0.3, -0.25) is 4.90 Å². The summed E-state index contributed by atoms with van der Waals surface area (Å²) < 4.78 is 0. The van der Waals surface area contributed by atoms with Crippen molar-refractivity contribution in [1.29, 1.82) is 0 Å². The molecule has 2 unspecified atom stereocenters. The van der Waals surface area contributed by atoms with Crippen molar-refractivity contribution in [2.75, 3.05) is 6.54 Å². The molecule has 0 aromatic heterocycles. The van der Waals surface area contributed by atoms with Crippen molar-refractivity contribution in [3.8, 4) is 0 Å². The zero-order chi connectivity index (χ0) is 23.2. The quantitative estimate of drug-likeness (QED) is 0.216. The first-order valence-corrected chi connectivity index (χ1v) is 14.2. The normalized spacial score (nSPS) is 22.0. The highest BCUT2D eigenvalue weighted by Crippen LogP contribution is 2.44. The fraction of sp³-hybridized carbons (Fsp3) is 1.00. The van der Waals surface area contributed by atoms with Gasteiger partial charge in [-0.1, -0.05) is 90.9 Å². The van der Waals surface area contributed by atoms with Crippen LogP contribution in [0.25, 0.3) is 0 Å². The Morgan fingerprint density at radius 1 is 0.742 bits per heavy atom. The van der Waals surface area contributed by atoms with Crippen molar-refractivity contribution < 1.29 is 5.11 Å². The molecule has 2 atom stereocenters. The van der Waals surface area contributed by atoms with Gasteiger partial charge in [0.1, 0.15) is 0 Å². The van der Waals surface area contributed by atoms with Gasteiger partial charge in [-0.2, -0.15) is 0 Å². The van der Waals surface area contributed by atoms with Crippen LogP contribution < -0.4 is 0 Å². The van der Waals surface area contributed by atoms with E-state index in [1.54, 1.807) is 0 Å². The van der Waals surface area contributed by atoms with Crippen molar-refractivity contribution >= 4 is 0 Å². The Bertz CT molecular complexity index is 430. The number of piperidine rings is 1. The number of hydrogen-bond acceptors (Lipinski definition) is 2. The summed E-state index contributed by atoms with van der Waals surface area (Å²) in [6.45, 7) is 15.7. The molecule has 1 aliphatic rings. The topological polar surface area (TPSA) is 23.5 Å². The molecule has 1 aliphatic heterocycles. The van der Waals surface area contributed by atoms with Gasteiger partial charge in [-0.15, -0.1) is 0 Å². The van der Waals surface area contributed by atoms with E-state index in [2.05, 4.69) is 46.4 Å². The molecule has 0 bridgehead atoms. The third-order valence-electron chi connectivity index (χ3n) is 8.25. The molecule has 0 aromatic rings. The van der Waals surface area contributed by atoms with E-state index in [4.69, 9.17) is 0 Å². The zero-order valence-corrected chi connectivity index (χ0v) is 22.5. The minimum atomic E-state index is -0.0779. The Labute approximate surface area is 197 Å². The second kappa shape index (κ2) is 15.7. The molecular formula is C29H59NO. The molecule has 0 aromatic carbocycles. The average Bonchev–Trinajstić information content (AvgIpc) is 2.71. The average molecular weight is 438 g/mol. The molecule has 1 rings (SSSR count). The minimum Gasteiger partial charge on any atom is -0.393 e. The van der Waals surface area contributed by atoms with E-state index >= 15 is 0 Å². The first-order chi connectivity index (χ1) is 14.8. The van der Waals surface area contributed by atoms with Gasteiger partial charge in [-0.05, 0) is 78.7 Å². The smallest absolute Gasteiger partial charge is 0.0540 e. The maximum atomic E-state index is 10.2. The van der Waals surface area contributed by atoms with Gasteiger partial charge >= 0.3 is 0 Å². The second-order valence-electron chi connectivity index (χ2n) is 11.8. The van der Waals surface area contributed by atoms with E-state index in [0.717, 1.165) is 25.2 Å². The van der Waals surface area contributed by atoms with E-state index in [0.29, 0.717) is 5.54 Å². The molecule has 31 heavy (non-hydrogen) atoms. The van der Waals surface area contributed by atoms with E-state index < -0.39 is 0 Å². The van der Waals surface area contributed by atoms with Crippen molar-refractivity contribution in [3.05, 3.63) is 0 Å². The number of unbranched alkanes of at least 4 members (excludes halogenated alkanes) is 10. The molecule has 0 saturated carbocycles. The Morgan fingerprint density at radius 2 is 1.26 bits per heavy atom. The van der Waals surface area contributed by atoms with Crippen LogP contribution in [0.15, 0.2) is 0 Å². The third-order valence-corrected chi connectivity index (χ3v) is 8.25. The Kier molecular flexibility index (Phi) is 14.7.